The maximum atomic E-state index is 12.4. The van der Waals surface area contributed by atoms with Gasteiger partial charge in [-0.15, -0.1) is 0 Å². The summed E-state index contributed by atoms with van der Waals surface area (Å²) in [6.45, 7) is 5.60. The molecule has 1 atom stereocenters. The van der Waals surface area contributed by atoms with Crippen LogP contribution >= 0.6 is 0 Å². The summed E-state index contributed by atoms with van der Waals surface area (Å²) in [5, 5.41) is 2.87. The predicted molar refractivity (Wildman–Crippen MR) is 91.0 cm³/mol. The molecule has 1 aromatic rings. The second kappa shape index (κ2) is 6.98. The number of carbonyl (C=O) groups is 1. The highest BCUT2D eigenvalue weighted by Crippen LogP contribution is 2.23. The number of rotatable bonds is 5. The van der Waals surface area contributed by atoms with Gasteiger partial charge in [-0.25, -0.2) is 12.7 Å². The zero-order valence-corrected chi connectivity index (χ0v) is 15.0. The smallest absolute Gasteiger partial charge is 0.242 e. The average molecular weight is 339 g/mol. The van der Waals surface area contributed by atoms with Crippen molar-refractivity contribution in [2.24, 2.45) is 0 Å². The van der Waals surface area contributed by atoms with Crippen LogP contribution in [0.2, 0.25) is 0 Å². The van der Waals surface area contributed by atoms with Gasteiger partial charge in [0.15, 0.2) is 0 Å². The van der Waals surface area contributed by atoms with Crippen LogP contribution in [0.15, 0.2) is 23.1 Å². The lowest BCUT2D eigenvalue weighted by Gasteiger charge is -2.23. The minimum atomic E-state index is -3.52. The Morgan fingerprint density at radius 1 is 1.26 bits per heavy atom. The maximum absolute atomic E-state index is 12.4. The second-order valence-corrected chi connectivity index (χ2v) is 8.32. The number of benzene rings is 1. The Hall–Kier alpha value is -1.44. The summed E-state index contributed by atoms with van der Waals surface area (Å²) < 4.78 is 25.6. The van der Waals surface area contributed by atoms with Gasteiger partial charge < -0.3 is 5.32 Å². The van der Waals surface area contributed by atoms with Crippen molar-refractivity contribution in [2.45, 2.75) is 37.6 Å². The fourth-order valence-electron chi connectivity index (χ4n) is 2.64. The lowest BCUT2D eigenvalue weighted by atomic mass is 10.2. The van der Waals surface area contributed by atoms with Crippen LogP contribution in [0.3, 0.4) is 0 Å². The third kappa shape index (κ3) is 3.91. The van der Waals surface area contributed by atoms with Gasteiger partial charge in [-0.2, -0.15) is 0 Å². The predicted octanol–water partition coefficient (Wildman–Crippen LogP) is 1.67. The summed E-state index contributed by atoms with van der Waals surface area (Å²) in [7, 11) is -0.538. The molecule has 1 N–H and O–H groups in total. The molecule has 0 aliphatic carbocycles. The molecule has 23 heavy (non-hydrogen) atoms. The largest absolute Gasteiger partial charge is 0.324 e. The number of aryl methyl sites for hydroxylation is 1. The van der Waals surface area contributed by atoms with E-state index >= 15 is 0 Å². The van der Waals surface area contributed by atoms with Gasteiger partial charge >= 0.3 is 0 Å². The van der Waals surface area contributed by atoms with Crippen LogP contribution < -0.4 is 5.32 Å². The molecular formula is C16H25N3O3S. The topological polar surface area (TPSA) is 69.7 Å². The van der Waals surface area contributed by atoms with E-state index in [9.17, 15) is 13.2 Å². The van der Waals surface area contributed by atoms with E-state index in [1.165, 1.54) is 20.2 Å². The summed E-state index contributed by atoms with van der Waals surface area (Å²) in [6.07, 6.45) is 2.24. The number of likely N-dealkylation sites (tertiary alicyclic amines) is 1. The van der Waals surface area contributed by atoms with Crippen LogP contribution in [0, 0.1) is 6.92 Å². The first kappa shape index (κ1) is 17.9. The van der Waals surface area contributed by atoms with Crippen molar-refractivity contribution in [1.29, 1.82) is 0 Å². The molecule has 1 saturated heterocycles. The van der Waals surface area contributed by atoms with Crippen LogP contribution in [0.5, 0.6) is 0 Å². The molecule has 0 bridgehead atoms. The van der Waals surface area contributed by atoms with Crippen molar-refractivity contribution >= 4 is 21.6 Å². The monoisotopic (exact) mass is 339 g/mol. The van der Waals surface area contributed by atoms with E-state index in [4.69, 9.17) is 0 Å². The van der Waals surface area contributed by atoms with Crippen LogP contribution in [-0.2, 0) is 14.8 Å². The van der Waals surface area contributed by atoms with E-state index in [0.29, 0.717) is 5.69 Å². The molecule has 1 fully saturated rings. The summed E-state index contributed by atoms with van der Waals surface area (Å²) in [6, 6.07) is 4.58. The molecule has 7 heteroatoms. The van der Waals surface area contributed by atoms with Crippen molar-refractivity contribution in [3.8, 4) is 0 Å². The Labute approximate surface area is 138 Å². The van der Waals surface area contributed by atoms with Gasteiger partial charge in [0.25, 0.3) is 0 Å². The fraction of sp³-hybridized carbons (Fsp3) is 0.562. The summed E-state index contributed by atoms with van der Waals surface area (Å²) in [5.41, 5.74) is 1.38. The number of nitrogens with one attached hydrogen (secondary N) is 1. The molecule has 0 spiro atoms. The zero-order chi connectivity index (χ0) is 17.2. The SMILES string of the molecule is Cc1ccc(S(=O)(=O)N(C)C)cc1NC(=O)C(C)N1CCCC1. The van der Waals surface area contributed by atoms with E-state index in [-0.39, 0.29) is 16.8 Å². The third-order valence-electron chi connectivity index (χ3n) is 4.31. The van der Waals surface area contributed by atoms with E-state index < -0.39 is 10.0 Å². The number of hydrogen-bond acceptors (Lipinski definition) is 4. The third-order valence-corrected chi connectivity index (χ3v) is 6.12. The van der Waals surface area contributed by atoms with E-state index in [1.54, 1.807) is 12.1 Å². The minimum Gasteiger partial charge on any atom is -0.324 e. The van der Waals surface area contributed by atoms with Crippen molar-refractivity contribution in [3.05, 3.63) is 23.8 Å². The fourth-order valence-corrected chi connectivity index (χ4v) is 3.57. The highest BCUT2D eigenvalue weighted by molar-refractivity contribution is 7.89. The molecule has 2 rings (SSSR count). The minimum absolute atomic E-state index is 0.102. The van der Waals surface area contributed by atoms with Crippen LogP contribution in [0.25, 0.3) is 0 Å². The Morgan fingerprint density at radius 3 is 2.43 bits per heavy atom. The van der Waals surface area contributed by atoms with Gasteiger partial charge in [0.1, 0.15) is 0 Å². The number of sulfonamides is 1. The normalized spacial score (nSPS) is 17.4. The Bertz CT molecular complexity index is 680. The van der Waals surface area contributed by atoms with Crippen LogP contribution in [-0.4, -0.2) is 56.8 Å². The highest BCUT2D eigenvalue weighted by Gasteiger charge is 2.25. The molecule has 6 nitrogen and oxygen atoms in total. The van der Waals surface area contributed by atoms with Crippen LogP contribution in [0.4, 0.5) is 5.69 Å². The van der Waals surface area contributed by atoms with Crippen molar-refractivity contribution in [1.82, 2.24) is 9.21 Å². The van der Waals surface area contributed by atoms with Gasteiger partial charge in [-0.3, -0.25) is 9.69 Å². The standard InChI is InChI=1S/C16H25N3O3S/c1-12-7-8-14(23(21,22)18(3)4)11-15(12)17-16(20)13(2)19-9-5-6-10-19/h7-8,11,13H,5-6,9-10H2,1-4H3,(H,17,20). The van der Waals surface area contributed by atoms with Crippen LogP contribution in [0.1, 0.15) is 25.3 Å². The molecule has 1 amide bonds. The summed E-state index contributed by atoms with van der Waals surface area (Å²) in [4.78, 5) is 14.8. The van der Waals surface area contributed by atoms with E-state index in [0.717, 1.165) is 35.8 Å². The molecule has 1 aliphatic heterocycles. The summed E-state index contributed by atoms with van der Waals surface area (Å²) in [5.74, 6) is -0.102. The lowest BCUT2D eigenvalue weighted by molar-refractivity contribution is -0.120. The van der Waals surface area contributed by atoms with Crippen molar-refractivity contribution in [2.75, 3.05) is 32.5 Å². The Morgan fingerprint density at radius 2 is 1.87 bits per heavy atom. The van der Waals surface area contributed by atoms with Crippen molar-refractivity contribution < 1.29 is 13.2 Å². The molecule has 1 unspecified atom stereocenters. The molecule has 0 saturated carbocycles. The highest BCUT2D eigenvalue weighted by atomic mass is 32.2. The quantitative estimate of drug-likeness (QED) is 0.886. The number of carbonyl (C=O) groups excluding carboxylic acids is 1. The average Bonchev–Trinajstić information content (AvgIpc) is 3.02. The van der Waals surface area contributed by atoms with Gasteiger partial charge in [-0.05, 0) is 57.5 Å². The number of anilines is 1. The van der Waals surface area contributed by atoms with Gasteiger partial charge in [0, 0.05) is 19.8 Å². The van der Waals surface area contributed by atoms with E-state index in [1.807, 2.05) is 13.8 Å². The molecular weight excluding hydrogens is 314 g/mol. The van der Waals surface area contributed by atoms with Gasteiger partial charge in [-0.1, -0.05) is 6.07 Å². The molecule has 1 aromatic carbocycles. The lowest BCUT2D eigenvalue weighted by Crippen LogP contribution is -2.40. The number of amides is 1. The Balaban J connectivity index is 2.21. The molecule has 1 heterocycles. The Kier molecular flexibility index (Phi) is 5.44. The van der Waals surface area contributed by atoms with Gasteiger partial charge in [0.05, 0.1) is 10.9 Å². The maximum Gasteiger partial charge on any atom is 0.242 e. The zero-order valence-electron chi connectivity index (χ0n) is 14.2. The summed E-state index contributed by atoms with van der Waals surface area (Å²) >= 11 is 0. The van der Waals surface area contributed by atoms with Crippen molar-refractivity contribution in [3.63, 3.8) is 0 Å². The first-order valence-electron chi connectivity index (χ1n) is 7.81. The van der Waals surface area contributed by atoms with E-state index in [2.05, 4.69) is 10.2 Å². The number of nitrogens with zero attached hydrogens (tertiary/aromatic N) is 2. The molecule has 128 valence electrons. The molecule has 1 aliphatic rings. The van der Waals surface area contributed by atoms with Gasteiger partial charge in [0.2, 0.25) is 15.9 Å². The first-order valence-corrected chi connectivity index (χ1v) is 9.25. The first-order chi connectivity index (χ1) is 10.7. The molecule has 0 radical (unpaired) electrons. The number of hydrogen-bond donors (Lipinski definition) is 1. The second-order valence-electron chi connectivity index (χ2n) is 6.17. The molecule has 0 aromatic heterocycles.